The summed E-state index contributed by atoms with van der Waals surface area (Å²) in [6, 6.07) is 0.114. The molecule has 5 heteroatoms. The van der Waals surface area contributed by atoms with E-state index in [-0.39, 0.29) is 11.6 Å². The molecule has 2 aromatic rings. The molecule has 1 N–H and O–H groups in total. The predicted molar refractivity (Wildman–Crippen MR) is 106 cm³/mol. The van der Waals surface area contributed by atoms with Gasteiger partial charge in [0.25, 0.3) is 0 Å². The van der Waals surface area contributed by atoms with Crippen LogP contribution in [-0.4, -0.2) is 41.2 Å². The zero-order chi connectivity index (χ0) is 18.6. The third kappa shape index (κ3) is 2.52. The Morgan fingerprint density at radius 1 is 1.19 bits per heavy atom. The molecular weight excluding hydrogens is 324 g/mol. The summed E-state index contributed by atoms with van der Waals surface area (Å²) in [4.78, 5) is 6.93. The minimum absolute atomic E-state index is 0.0213. The Balaban J connectivity index is 2.06. The number of nitrogens with one attached hydrogen (secondary N) is 1. The Morgan fingerprint density at radius 2 is 1.88 bits per heavy atom. The normalized spacial score (nSPS) is 18.5. The number of ether oxygens (including phenoxy) is 1. The van der Waals surface area contributed by atoms with Crippen LogP contribution >= 0.6 is 0 Å². The van der Waals surface area contributed by atoms with Crippen LogP contribution in [0.2, 0.25) is 0 Å². The maximum absolute atomic E-state index is 6.05. The van der Waals surface area contributed by atoms with Crippen LogP contribution in [0, 0.1) is 0 Å². The van der Waals surface area contributed by atoms with Crippen molar-refractivity contribution in [3.8, 4) is 11.4 Å². The van der Waals surface area contributed by atoms with Crippen molar-refractivity contribution in [2.45, 2.75) is 58.0 Å². The van der Waals surface area contributed by atoms with Gasteiger partial charge in [0.2, 0.25) is 0 Å². The van der Waals surface area contributed by atoms with Crippen LogP contribution < -0.4 is 10.1 Å². The molecule has 0 saturated heterocycles. The molecule has 0 amide bonds. The summed E-state index contributed by atoms with van der Waals surface area (Å²) in [5.74, 6) is 2.07. The molecule has 1 unspecified atom stereocenters. The fraction of sp³-hybridized carbons (Fsp3) is 0.571. The van der Waals surface area contributed by atoms with Gasteiger partial charge in [-0.3, -0.25) is 4.90 Å². The van der Waals surface area contributed by atoms with Crippen LogP contribution in [0.25, 0.3) is 5.69 Å². The fourth-order valence-electron chi connectivity index (χ4n) is 4.56. The van der Waals surface area contributed by atoms with Crippen molar-refractivity contribution < 1.29 is 4.74 Å². The van der Waals surface area contributed by atoms with Gasteiger partial charge in [0.05, 0.1) is 24.5 Å². The molecular formula is C21H30N4O. The van der Waals surface area contributed by atoms with Gasteiger partial charge in [-0.25, -0.2) is 4.98 Å². The molecule has 0 bridgehead atoms. The molecule has 1 aliphatic carbocycles. The van der Waals surface area contributed by atoms with E-state index in [0.29, 0.717) is 0 Å². The maximum Gasteiger partial charge on any atom is 0.149 e. The molecule has 1 aliphatic heterocycles. The first-order valence-corrected chi connectivity index (χ1v) is 9.57. The highest BCUT2D eigenvalue weighted by Crippen LogP contribution is 2.52. The molecule has 1 atom stereocenters. The summed E-state index contributed by atoms with van der Waals surface area (Å²) in [7, 11) is 6.04. The zero-order valence-corrected chi connectivity index (χ0v) is 16.8. The Morgan fingerprint density at radius 3 is 2.50 bits per heavy atom. The molecule has 0 fully saturated rings. The first kappa shape index (κ1) is 17.4. The SMILES string of the molecule is COc1c(NC(C)(C)C)c2c(c3c1C(N(C)C)c1nccn1-3)CCCC2. The van der Waals surface area contributed by atoms with Gasteiger partial charge in [-0.1, -0.05) is 0 Å². The Hall–Kier alpha value is -2.01. The van der Waals surface area contributed by atoms with Crippen molar-refractivity contribution >= 4 is 5.69 Å². The fourth-order valence-corrected chi connectivity index (χ4v) is 4.56. The average Bonchev–Trinajstić information content (AvgIpc) is 3.13. The summed E-state index contributed by atoms with van der Waals surface area (Å²) in [5, 5.41) is 3.76. The smallest absolute Gasteiger partial charge is 0.149 e. The number of aromatic nitrogens is 2. The zero-order valence-electron chi connectivity index (χ0n) is 16.8. The lowest BCUT2D eigenvalue weighted by molar-refractivity contribution is 0.324. The highest BCUT2D eigenvalue weighted by Gasteiger charge is 2.40. The van der Waals surface area contributed by atoms with Crippen LogP contribution in [0.15, 0.2) is 12.4 Å². The number of methoxy groups -OCH3 is 1. The standard InChI is InChI=1S/C21H30N4O/c1-21(2,3)23-16-13-9-7-8-10-14(13)17-15(19(16)26-6)18(24(4)5)20-22-11-12-25(17)20/h11-12,18,23H,7-10H2,1-6H3. The molecule has 140 valence electrons. The van der Waals surface area contributed by atoms with Crippen molar-refractivity contribution in [2.75, 3.05) is 26.5 Å². The Labute approximate surface area is 156 Å². The topological polar surface area (TPSA) is 42.3 Å². The van der Waals surface area contributed by atoms with Crippen molar-refractivity contribution in [1.29, 1.82) is 0 Å². The molecule has 2 heterocycles. The van der Waals surface area contributed by atoms with Gasteiger partial charge in [-0.05, 0) is 71.7 Å². The minimum Gasteiger partial charge on any atom is -0.494 e. The summed E-state index contributed by atoms with van der Waals surface area (Å²) >= 11 is 0. The number of nitrogens with zero attached hydrogens (tertiary/aromatic N) is 3. The second-order valence-corrected chi connectivity index (χ2v) is 8.73. The lowest BCUT2D eigenvalue weighted by Crippen LogP contribution is -2.29. The number of benzene rings is 1. The van der Waals surface area contributed by atoms with Crippen LogP contribution in [0.3, 0.4) is 0 Å². The molecule has 5 nitrogen and oxygen atoms in total. The molecule has 0 spiro atoms. The molecule has 0 radical (unpaired) electrons. The van der Waals surface area contributed by atoms with Crippen molar-refractivity contribution in [3.05, 3.63) is 34.9 Å². The monoisotopic (exact) mass is 354 g/mol. The van der Waals surface area contributed by atoms with E-state index in [4.69, 9.17) is 4.74 Å². The van der Waals surface area contributed by atoms with Crippen molar-refractivity contribution in [3.63, 3.8) is 0 Å². The molecule has 4 rings (SSSR count). The number of imidazole rings is 1. The van der Waals surface area contributed by atoms with Gasteiger partial charge in [0.1, 0.15) is 11.6 Å². The van der Waals surface area contributed by atoms with E-state index in [2.05, 4.69) is 60.8 Å². The van der Waals surface area contributed by atoms with Gasteiger partial charge in [-0.2, -0.15) is 0 Å². The second kappa shape index (κ2) is 6.02. The maximum atomic E-state index is 6.05. The largest absolute Gasteiger partial charge is 0.494 e. The summed E-state index contributed by atoms with van der Waals surface area (Å²) < 4.78 is 8.34. The van der Waals surface area contributed by atoms with Gasteiger partial charge in [0.15, 0.2) is 0 Å². The number of rotatable bonds is 3. The summed E-state index contributed by atoms with van der Waals surface area (Å²) in [6.45, 7) is 6.64. The minimum atomic E-state index is -0.0213. The quantitative estimate of drug-likeness (QED) is 0.907. The van der Waals surface area contributed by atoms with Crippen LogP contribution in [0.5, 0.6) is 5.75 Å². The van der Waals surface area contributed by atoms with Gasteiger partial charge < -0.3 is 14.6 Å². The first-order valence-electron chi connectivity index (χ1n) is 9.57. The number of fused-ring (bicyclic) bond motifs is 5. The van der Waals surface area contributed by atoms with Gasteiger partial charge in [-0.15, -0.1) is 0 Å². The highest BCUT2D eigenvalue weighted by atomic mass is 16.5. The average molecular weight is 354 g/mol. The van der Waals surface area contributed by atoms with Gasteiger partial charge in [0, 0.05) is 23.5 Å². The highest BCUT2D eigenvalue weighted by molar-refractivity contribution is 5.78. The predicted octanol–water partition coefficient (Wildman–Crippen LogP) is 3.93. The van der Waals surface area contributed by atoms with E-state index in [1.165, 1.54) is 40.9 Å². The molecule has 26 heavy (non-hydrogen) atoms. The van der Waals surface area contributed by atoms with E-state index < -0.39 is 0 Å². The van der Waals surface area contributed by atoms with E-state index in [9.17, 15) is 0 Å². The van der Waals surface area contributed by atoms with Gasteiger partial charge >= 0.3 is 0 Å². The lowest BCUT2D eigenvalue weighted by Gasteiger charge is -2.32. The summed E-state index contributed by atoms with van der Waals surface area (Å²) in [5.41, 5.74) is 6.64. The van der Waals surface area contributed by atoms with Crippen LogP contribution in [-0.2, 0) is 12.8 Å². The molecule has 2 aliphatic rings. The third-order valence-electron chi connectivity index (χ3n) is 5.43. The van der Waals surface area contributed by atoms with Crippen LogP contribution in [0.4, 0.5) is 5.69 Å². The molecule has 1 aromatic carbocycles. The second-order valence-electron chi connectivity index (χ2n) is 8.73. The van der Waals surface area contributed by atoms with E-state index in [1.54, 1.807) is 7.11 Å². The Kier molecular flexibility index (Phi) is 4.03. The van der Waals surface area contributed by atoms with Crippen LogP contribution in [0.1, 0.15) is 62.2 Å². The number of anilines is 1. The molecule has 1 aromatic heterocycles. The lowest BCUT2D eigenvalue weighted by atomic mass is 9.85. The summed E-state index contributed by atoms with van der Waals surface area (Å²) in [6.07, 6.45) is 8.73. The third-order valence-corrected chi connectivity index (χ3v) is 5.43. The van der Waals surface area contributed by atoms with Crippen molar-refractivity contribution in [2.24, 2.45) is 0 Å². The van der Waals surface area contributed by atoms with E-state index in [0.717, 1.165) is 24.4 Å². The van der Waals surface area contributed by atoms with E-state index >= 15 is 0 Å². The first-order chi connectivity index (χ1) is 12.3. The number of hydrogen-bond acceptors (Lipinski definition) is 4. The van der Waals surface area contributed by atoms with E-state index in [1.807, 2.05) is 6.20 Å². The molecule has 0 saturated carbocycles. The number of hydrogen-bond donors (Lipinski definition) is 1. The Bertz CT molecular complexity index is 845. The van der Waals surface area contributed by atoms with Crippen molar-refractivity contribution in [1.82, 2.24) is 14.5 Å².